The number of hydrogen-bond donors (Lipinski definition) is 1. The highest BCUT2D eigenvalue weighted by atomic mass is 35.5. The number of rotatable bonds is 9. The van der Waals surface area contributed by atoms with E-state index in [-0.39, 0.29) is 27.6 Å². The molecule has 212 valence electrons. The minimum atomic E-state index is -0.324. The highest BCUT2D eigenvalue weighted by molar-refractivity contribution is 6.39. The SMILES string of the molecule is C/C=C(\C=C(/C)CN(Cc1cc2ccccc2n1C)C1CCCc2cccnc21)CNC(=O)c1c(Cl)cncc1Cl. The van der Waals surface area contributed by atoms with Gasteiger partial charge in [-0.3, -0.25) is 19.7 Å². The molecule has 0 bridgehead atoms. The van der Waals surface area contributed by atoms with Gasteiger partial charge >= 0.3 is 0 Å². The second-order valence-electron chi connectivity index (χ2n) is 10.6. The number of allylic oxidation sites excluding steroid dienone is 1. The van der Waals surface area contributed by atoms with Gasteiger partial charge in [-0.15, -0.1) is 0 Å². The number of halogens is 2. The molecular weight excluding hydrogens is 553 g/mol. The molecule has 0 radical (unpaired) electrons. The van der Waals surface area contributed by atoms with Gasteiger partial charge in [-0.25, -0.2) is 0 Å². The minimum Gasteiger partial charge on any atom is -0.348 e. The molecule has 0 fully saturated rings. The van der Waals surface area contributed by atoms with Gasteiger partial charge in [0.05, 0.1) is 27.3 Å². The number of para-hydroxylation sites is 1. The molecule has 6 nitrogen and oxygen atoms in total. The monoisotopic (exact) mass is 587 g/mol. The topological polar surface area (TPSA) is 63.1 Å². The zero-order valence-electron chi connectivity index (χ0n) is 23.7. The summed E-state index contributed by atoms with van der Waals surface area (Å²) in [4.78, 5) is 24.2. The predicted octanol–water partition coefficient (Wildman–Crippen LogP) is 7.48. The highest BCUT2D eigenvalue weighted by Gasteiger charge is 2.28. The second kappa shape index (κ2) is 13.0. The summed E-state index contributed by atoms with van der Waals surface area (Å²) in [5.74, 6) is -0.324. The number of nitrogens with one attached hydrogen (secondary N) is 1. The Kier molecular flexibility index (Phi) is 9.23. The molecule has 1 N–H and O–H groups in total. The number of hydrogen-bond acceptors (Lipinski definition) is 4. The third kappa shape index (κ3) is 6.56. The van der Waals surface area contributed by atoms with Gasteiger partial charge in [0.25, 0.3) is 5.91 Å². The fourth-order valence-corrected chi connectivity index (χ4v) is 6.28. The average Bonchev–Trinajstić information content (AvgIpc) is 3.29. The van der Waals surface area contributed by atoms with Crippen molar-refractivity contribution in [1.82, 2.24) is 24.8 Å². The van der Waals surface area contributed by atoms with E-state index in [2.05, 4.69) is 76.2 Å². The standard InChI is InChI=1S/C33H35Cl2N5O/c1-4-23(17-38-33(41)31-27(34)18-36-19-28(31)35)15-22(2)20-40(30-13-7-10-24-11-8-14-37-32(24)30)21-26-16-25-9-5-6-12-29(25)39(26)3/h4-6,8-9,11-12,14-16,18-19,30H,7,10,13,17,20-21H2,1-3H3,(H,38,41)/b22-15+,23-4+. The summed E-state index contributed by atoms with van der Waals surface area (Å²) >= 11 is 12.4. The molecule has 8 heteroatoms. The molecule has 3 aromatic heterocycles. The summed E-state index contributed by atoms with van der Waals surface area (Å²) in [6.45, 7) is 6.07. The Balaban J connectivity index is 1.38. The van der Waals surface area contributed by atoms with Gasteiger partial charge in [0.1, 0.15) is 0 Å². The number of carbonyl (C=O) groups is 1. The Bertz CT molecular complexity index is 1600. The van der Waals surface area contributed by atoms with E-state index in [1.807, 2.05) is 25.3 Å². The molecule has 1 unspecified atom stereocenters. The Morgan fingerprint density at radius 1 is 1.17 bits per heavy atom. The zero-order chi connectivity index (χ0) is 28.9. The number of carbonyl (C=O) groups excluding carboxylic acids is 1. The summed E-state index contributed by atoms with van der Waals surface area (Å²) < 4.78 is 2.30. The van der Waals surface area contributed by atoms with Crippen LogP contribution in [0.25, 0.3) is 10.9 Å². The van der Waals surface area contributed by atoms with Crippen LogP contribution >= 0.6 is 23.2 Å². The molecular formula is C33H35Cl2N5O. The number of amides is 1. The lowest BCUT2D eigenvalue weighted by Gasteiger charge is -2.35. The molecule has 1 aliphatic carbocycles. The van der Waals surface area contributed by atoms with Crippen LogP contribution < -0.4 is 5.32 Å². The Labute approximate surface area is 251 Å². The Hall–Kier alpha value is -3.45. The number of aryl methyl sites for hydroxylation is 2. The van der Waals surface area contributed by atoms with E-state index < -0.39 is 0 Å². The largest absolute Gasteiger partial charge is 0.348 e. The maximum atomic E-state index is 12.8. The number of aromatic nitrogens is 3. The molecule has 1 aliphatic rings. The molecule has 0 spiro atoms. The van der Waals surface area contributed by atoms with Crippen molar-refractivity contribution in [3.8, 4) is 0 Å². The van der Waals surface area contributed by atoms with Crippen LogP contribution in [0.2, 0.25) is 10.0 Å². The quantitative estimate of drug-likeness (QED) is 0.206. The molecule has 41 heavy (non-hydrogen) atoms. The Morgan fingerprint density at radius 3 is 2.71 bits per heavy atom. The minimum absolute atomic E-state index is 0.228. The molecule has 1 amide bonds. The first kappa shape index (κ1) is 29.1. The smallest absolute Gasteiger partial charge is 0.254 e. The zero-order valence-corrected chi connectivity index (χ0v) is 25.2. The molecule has 0 saturated heterocycles. The highest BCUT2D eigenvalue weighted by Crippen LogP contribution is 2.35. The number of pyridine rings is 2. The fourth-order valence-electron chi connectivity index (χ4n) is 5.74. The van der Waals surface area contributed by atoms with E-state index in [1.54, 1.807) is 0 Å². The first-order valence-electron chi connectivity index (χ1n) is 14.0. The van der Waals surface area contributed by atoms with Crippen LogP contribution in [0.5, 0.6) is 0 Å². The van der Waals surface area contributed by atoms with Crippen molar-refractivity contribution < 1.29 is 4.79 Å². The lowest BCUT2D eigenvalue weighted by molar-refractivity contribution is 0.0957. The van der Waals surface area contributed by atoms with Gasteiger partial charge in [0.15, 0.2) is 0 Å². The van der Waals surface area contributed by atoms with Crippen LogP contribution in [0.4, 0.5) is 0 Å². The number of nitrogens with zero attached hydrogens (tertiary/aromatic N) is 4. The van der Waals surface area contributed by atoms with Crippen LogP contribution in [0.15, 0.2) is 84.4 Å². The normalized spacial score (nSPS) is 15.8. The van der Waals surface area contributed by atoms with E-state index in [0.717, 1.165) is 37.9 Å². The predicted molar refractivity (Wildman–Crippen MR) is 167 cm³/mol. The van der Waals surface area contributed by atoms with E-state index >= 15 is 0 Å². The van der Waals surface area contributed by atoms with Gasteiger partial charge in [-0.05, 0) is 67.8 Å². The van der Waals surface area contributed by atoms with Gasteiger partial charge in [0.2, 0.25) is 0 Å². The van der Waals surface area contributed by atoms with Crippen LogP contribution in [0.3, 0.4) is 0 Å². The van der Waals surface area contributed by atoms with E-state index in [9.17, 15) is 4.79 Å². The van der Waals surface area contributed by atoms with Gasteiger partial charge < -0.3 is 9.88 Å². The first-order valence-corrected chi connectivity index (χ1v) is 14.7. The second-order valence-corrected chi connectivity index (χ2v) is 11.4. The summed E-state index contributed by atoms with van der Waals surface area (Å²) in [5.41, 5.74) is 7.49. The summed E-state index contributed by atoms with van der Waals surface area (Å²) in [7, 11) is 2.15. The molecule has 1 atom stereocenters. The van der Waals surface area contributed by atoms with E-state index in [1.165, 1.54) is 45.8 Å². The third-order valence-corrected chi connectivity index (χ3v) is 8.38. The van der Waals surface area contributed by atoms with Crippen molar-refractivity contribution in [3.63, 3.8) is 0 Å². The van der Waals surface area contributed by atoms with Crippen LogP contribution in [-0.4, -0.2) is 38.4 Å². The van der Waals surface area contributed by atoms with Crippen molar-refractivity contribution in [3.05, 3.63) is 117 Å². The van der Waals surface area contributed by atoms with Crippen LogP contribution in [0.1, 0.15) is 60.0 Å². The summed E-state index contributed by atoms with van der Waals surface area (Å²) in [6.07, 6.45) is 12.2. The molecule has 3 heterocycles. The third-order valence-electron chi connectivity index (χ3n) is 7.81. The maximum Gasteiger partial charge on any atom is 0.254 e. The number of fused-ring (bicyclic) bond motifs is 2. The van der Waals surface area contributed by atoms with E-state index in [4.69, 9.17) is 28.2 Å². The maximum absolute atomic E-state index is 12.8. The molecule has 0 aliphatic heterocycles. The van der Waals surface area contributed by atoms with Crippen molar-refractivity contribution in [1.29, 1.82) is 0 Å². The number of benzene rings is 1. The van der Waals surface area contributed by atoms with Gasteiger partial charge in [0, 0.05) is 56.5 Å². The van der Waals surface area contributed by atoms with Gasteiger partial charge in [-0.1, -0.05) is 65.2 Å². The van der Waals surface area contributed by atoms with Gasteiger partial charge in [-0.2, -0.15) is 0 Å². The van der Waals surface area contributed by atoms with Crippen LogP contribution in [-0.2, 0) is 20.0 Å². The van der Waals surface area contributed by atoms with Crippen molar-refractivity contribution in [2.45, 2.75) is 45.7 Å². The molecule has 4 aromatic rings. The molecule has 0 saturated carbocycles. The fraction of sp³-hybridized carbons (Fsp3) is 0.303. The lowest BCUT2D eigenvalue weighted by atomic mass is 9.90. The van der Waals surface area contributed by atoms with Crippen molar-refractivity contribution in [2.24, 2.45) is 7.05 Å². The molecule has 5 rings (SSSR count). The van der Waals surface area contributed by atoms with Crippen LogP contribution in [0, 0.1) is 0 Å². The Morgan fingerprint density at radius 2 is 1.95 bits per heavy atom. The van der Waals surface area contributed by atoms with E-state index in [0.29, 0.717) is 6.54 Å². The van der Waals surface area contributed by atoms with Crippen molar-refractivity contribution >= 4 is 40.0 Å². The average molecular weight is 589 g/mol. The summed E-state index contributed by atoms with van der Waals surface area (Å²) in [5, 5.41) is 4.67. The molecule has 1 aromatic carbocycles. The van der Waals surface area contributed by atoms with Crippen molar-refractivity contribution in [2.75, 3.05) is 13.1 Å². The lowest BCUT2D eigenvalue weighted by Crippen LogP contribution is -2.33. The summed E-state index contributed by atoms with van der Waals surface area (Å²) in [6, 6.07) is 15.3. The first-order chi connectivity index (χ1) is 19.9.